The number of nitrogens with one attached hydrogen (secondary N) is 2. The van der Waals surface area contributed by atoms with E-state index < -0.39 is 12.3 Å². The molecule has 0 spiro atoms. The van der Waals surface area contributed by atoms with Crippen molar-refractivity contribution in [2.24, 2.45) is 0 Å². The molecule has 1 aliphatic rings. The normalized spacial score (nSPS) is 16.6. The standard InChI is InChI=1S/C44H45N3O7S/c45-37-14-2-3-15-38(37)47-42(50)18-6-5-17-41(49)46-26-30-9-7-10-32(23-30)33-11-8-12-34(24-33)44-53-35(28-55-40-16-4-1-13-36(40)43(51)52)25-39(54-44)31-21-19-29(27-48)20-22-31/h1-4,7-16,19-24,35,39,44,48H,5-6,17-18,25-28,45H2,(H,46,49)(H,47,50)(H,51,52). The Morgan fingerprint density at radius 3 is 2.22 bits per heavy atom. The highest BCUT2D eigenvalue weighted by molar-refractivity contribution is 7.99. The van der Waals surface area contributed by atoms with Crippen LogP contribution < -0.4 is 16.4 Å². The van der Waals surface area contributed by atoms with Gasteiger partial charge in [0.25, 0.3) is 0 Å². The van der Waals surface area contributed by atoms with E-state index in [0.29, 0.717) is 60.7 Å². The first-order valence-corrected chi connectivity index (χ1v) is 19.3. The Balaban J connectivity index is 1.07. The van der Waals surface area contributed by atoms with Crippen LogP contribution in [-0.4, -0.2) is 39.9 Å². The summed E-state index contributed by atoms with van der Waals surface area (Å²) < 4.78 is 13.1. The fourth-order valence-electron chi connectivity index (χ4n) is 6.38. The van der Waals surface area contributed by atoms with E-state index in [9.17, 15) is 24.6 Å². The topological polar surface area (TPSA) is 160 Å². The van der Waals surface area contributed by atoms with E-state index in [2.05, 4.69) is 10.6 Å². The van der Waals surface area contributed by atoms with Gasteiger partial charge in [-0.05, 0) is 77.1 Å². The van der Waals surface area contributed by atoms with Crippen LogP contribution in [0.2, 0.25) is 0 Å². The third-order valence-corrected chi connectivity index (χ3v) is 10.6. The van der Waals surface area contributed by atoms with E-state index in [1.54, 1.807) is 24.3 Å². The minimum Gasteiger partial charge on any atom is -0.478 e. The molecule has 5 aromatic carbocycles. The second-order valence-electron chi connectivity index (χ2n) is 13.4. The van der Waals surface area contributed by atoms with Crippen LogP contribution in [0.1, 0.15) is 77.1 Å². The van der Waals surface area contributed by atoms with Crippen molar-refractivity contribution in [3.05, 3.63) is 149 Å². The van der Waals surface area contributed by atoms with Crippen molar-refractivity contribution in [1.29, 1.82) is 0 Å². The molecule has 0 aromatic heterocycles. The lowest BCUT2D eigenvalue weighted by Crippen LogP contribution is -2.31. The molecule has 10 nitrogen and oxygen atoms in total. The zero-order valence-corrected chi connectivity index (χ0v) is 31.2. The smallest absolute Gasteiger partial charge is 0.336 e. The quantitative estimate of drug-likeness (QED) is 0.0379. The zero-order valence-electron chi connectivity index (χ0n) is 30.4. The Hall–Kier alpha value is -5.46. The predicted octanol–water partition coefficient (Wildman–Crippen LogP) is 8.28. The first-order valence-electron chi connectivity index (χ1n) is 18.3. The number of aliphatic hydroxyl groups excluding tert-OH is 1. The number of hydrogen-bond donors (Lipinski definition) is 5. The van der Waals surface area contributed by atoms with E-state index >= 15 is 0 Å². The van der Waals surface area contributed by atoms with E-state index in [-0.39, 0.29) is 36.2 Å². The van der Waals surface area contributed by atoms with Gasteiger partial charge >= 0.3 is 5.97 Å². The molecule has 1 aliphatic heterocycles. The highest BCUT2D eigenvalue weighted by Crippen LogP contribution is 2.40. The fourth-order valence-corrected chi connectivity index (χ4v) is 7.45. The van der Waals surface area contributed by atoms with Crippen molar-refractivity contribution >= 4 is 40.9 Å². The summed E-state index contributed by atoms with van der Waals surface area (Å²) in [6.45, 7) is 0.324. The summed E-state index contributed by atoms with van der Waals surface area (Å²) in [6.07, 6.45) is 1.17. The third-order valence-electron chi connectivity index (χ3n) is 9.36. The van der Waals surface area contributed by atoms with E-state index in [0.717, 1.165) is 33.4 Å². The van der Waals surface area contributed by atoms with Gasteiger partial charge in [-0.1, -0.05) is 84.9 Å². The van der Waals surface area contributed by atoms with Gasteiger partial charge in [-0.25, -0.2) is 4.79 Å². The molecule has 284 valence electrons. The summed E-state index contributed by atoms with van der Waals surface area (Å²) in [6, 6.07) is 37.8. The van der Waals surface area contributed by atoms with Gasteiger partial charge in [0.05, 0.1) is 35.8 Å². The maximum Gasteiger partial charge on any atom is 0.336 e. The molecule has 11 heteroatoms. The SMILES string of the molecule is Nc1ccccc1NC(=O)CCCCC(=O)NCc1cccc(-c2cccc(C3OC(CSc4ccccc4C(=O)O)CC(c4ccc(CO)cc4)O3)c2)c1. The number of hydrogen-bond acceptors (Lipinski definition) is 8. The Labute approximate surface area is 325 Å². The van der Waals surface area contributed by atoms with Gasteiger partial charge in [0, 0.05) is 42.0 Å². The largest absolute Gasteiger partial charge is 0.478 e. The first kappa shape index (κ1) is 39.2. The zero-order chi connectivity index (χ0) is 38.6. The third kappa shape index (κ3) is 11.1. The van der Waals surface area contributed by atoms with Crippen molar-refractivity contribution < 1.29 is 34.1 Å². The van der Waals surface area contributed by atoms with Gasteiger partial charge in [-0.15, -0.1) is 11.8 Å². The highest BCUT2D eigenvalue weighted by atomic mass is 32.2. The number of carboxylic acid groups (broad SMARTS) is 1. The number of nitrogens with two attached hydrogens (primary N) is 1. The Morgan fingerprint density at radius 1 is 0.745 bits per heavy atom. The molecule has 1 heterocycles. The maximum absolute atomic E-state index is 12.6. The summed E-state index contributed by atoms with van der Waals surface area (Å²) in [5.74, 6) is -0.649. The van der Waals surface area contributed by atoms with Gasteiger partial charge in [-0.2, -0.15) is 0 Å². The first-order chi connectivity index (χ1) is 26.7. The number of aromatic carboxylic acids is 1. The number of benzene rings is 5. The van der Waals surface area contributed by atoms with Crippen LogP contribution in [0.25, 0.3) is 11.1 Å². The molecule has 5 aromatic rings. The van der Waals surface area contributed by atoms with Crippen molar-refractivity contribution in [3.63, 3.8) is 0 Å². The molecule has 6 rings (SSSR count). The van der Waals surface area contributed by atoms with Crippen LogP contribution in [-0.2, 0) is 32.2 Å². The van der Waals surface area contributed by atoms with E-state index in [1.165, 1.54) is 11.8 Å². The molecule has 1 fully saturated rings. The molecule has 55 heavy (non-hydrogen) atoms. The van der Waals surface area contributed by atoms with Crippen molar-refractivity contribution in [2.45, 2.75) is 68.6 Å². The van der Waals surface area contributed by atoms with Crippen LogP contribution in [0.5, 0.6) is 0 Å². The minimum atomic E-state index is -0.969. The lowest BCUT2D eigenvalue weighted by molar-refractivity contribution is -0.245. The van der Waals surface area contributed by atoms with Crippen LogP contribution in [0.15, 0.2) is 126 Å². The number of thioether (sulfide) groups is 1. The number of para-hydroxylation sites is 2. The molecular formula is C44H45N3O7S. The lowest BCUT2D eigenvalue weighted by Gasteiger charge is -2.36. The average molecular weight is 760 g/mol. The summed E-state index contributed by atoms with van der Waals surface area (Å²) in [4.78, 5) is 37.4. The monoisotopic (exact) mass is 759 g/mol. The Bertz CT molecular complexity index is 2090. The molecule has 0 bridgehead atoms. The number of anilines is 2. The van der Waals surface area contributed by atoms with Gasteiger partial charge in [0.15, 0.2) is 6.29 Å². The molecule has 0 radical (unpaired) electrons. The van der Waals surface area contributed by atoms with E-state index in [1.807, 2.05) is 97.1 Å². The van der Waals surface area contributed by atoms with Crippen LogP contribution in [0.4, 0.5) is 11.4 Å². The molecular weight excluding hydrogens is 715 g/mol. The van der Waals surface area contributed by atoms with Gasteiger partial charge < -0.3 is 36.1 Å². The number of carboxylic acids is 1. The summed E-state index contributed by atoms with van der Waals surface area (Å²) in [5, 5.41) is 25.1. The molecule has 3 atom stereocenters. The number of amides is 2. The number of carbonyl (C=O) groups is 3. The van der Waals surface area contributed by atoms with Crippen LogP contribution in [0.3, 0.4) is 0 Å². The second kappa shape index (κ2) is 19.2. The fraction of sp³-hybridized carbons (Fsp3) is 0.250. The van der Waals surface area contributed by atoms with Crippen LogP contribution >= 0.6 is 11.8 Å². The number of rotatable bonds is 16. The number of unbranched alkanes of at least 4 members (excludes halogenated alkanes) is 1. The number of carbonyl (C=O) groups excluding carboxylic acids is 2. The van der Waals surface area contributed by atoms with Crippen LogP contribution in [0, 0.1) is 0 Å². The molecule has 6 N–H and O–H groups in total. The summed E-state index contributed by atoms with van der Waals surface area (Å²) in [5.41, 5.74) is 12.8. The number of nitrogen functional groups attached to an aromatic ring is 1. The molecule has 1 saturated heterocycles. The summed E-state index contributed by atoms with van der Waals surface area (Å²) in [7, 11) is 0. The Morgan fingerprint density at radius 2 is 1.45 bits per heavy atom. The average Bonchev–Trinajstić information content (AvgIpc) is 3.22. The Kier molecular flexibility index (Phi) is 13.7. The molecule has 0 aliphatic carbocycles. The van der Waals surface area contributed by atoms with Gasteiger partial charge in [-0.3, -0.25) is 9.59 Å². The highest BCUT2D eigenvalue weighted by Gasteiger charge is 2.32. The number of ether oxygens (including phenoxy) is 2. The summed E-state index contributed by atoms with van der Waals surface area (Å²) >= 11 is 1.45. The van der Waals surface area contributed by atoms with Gasteiger partial charge in [0.2, 0.25) is 11.8 Å². The molecule has 2 amide bonds. The second-order valence-corrected chi connectivity index (χ2v) is 14.5. The molecule has 3 unspecified atom stereocenters. The van der Waals surface area contributed by atoms with Crippen molar-refractivity contribution in [1.82, 2.24) is 5.32 Å². The van der Waals surface area contributed by atoms with Crippen molar-refractivity contribution in [2.75, 3.05) is 16.8 Å². The van der Waals surface area contributed by atoms with Gasteiger partial charge in [0.1, 0.15) is 0 Å². The maximum atomic E-state index is 12.6. The van der Waals surface area contributed by atoms with Crippen molar-refractivity contribution in [3.8, 4) is 11.1 Å². The lowest BCUT2D eigenvalue weighted by atomic mass is 9.99. The molecule has 0 saturated carbocycles. The predicted molar refractivity (Wildman–Crippen MR) is 214 cm³/mol. The van der Waals surface area contributed by atoms with E-state index in [4.69, 9.17) is 15.2 Å². The number of aliphatic hydroxyl groups is 1. The minimum absolute atomic E-state index is 0.0475.